The van der Waals surface area contributed by atoms with Gasteiger partial charge in [-0.05, 0) is 26.2 Å². The molecule has 0 atom stereocenters. The van der Waals surface area contributed by atoms with Crippen LogP contribution in [0, 0.1) is 0 Å². The molecular formula is C16H48BFN4Si6. The summed E-state index contributed by atoms with van der Waals surface area (Å²) < 4.78 is 27.5. The van der Waals surface area contributed by atoms with E-state index in [0.717, 1.165) is 0 Å². The normalized spacial score (nSPS) is 24.5. The van der Waals surface area contributed by atoms with E-state index in [4.69, 9.17) is 0 Å². The molecule has 1 rings (SSSR count). The zero-order chi connectivity index (χ0) is 22.9. The summed E-state index contributed by atoms with van der Waals surface area (Å²) in [5.41, 5.74) is 0. The van der Waals surface area contributed by atoms with Crippen LogP contribution in [0.25, 0.3) is 0 Å². The Kier molecular flexibility index (Phi) is 7.40. The molecule has 0 aliphatic carbocycles. The van der Waals surface area contributed by atoms with Crippen molar-refractivity contribution in [2.75, 3.05) is 0 Å². The van der Waals surface area contributed by atoms with E-state index >= 15 is 4.32 Å². The van der Waals surface area contributed by atoms with Crippen LogP contribution in [0.15, 0.2) is 0 Å². The molecule has 1 aliphatic heterocycles. The van der Waals surface area contributed by atoms with Gasteiger partial charge >= 0.3 is 7.26 Å². The number of hydrazine groups is 1. The summed E-state index contributed by atoms with van der Waals surface area (Å²) in [7, 11) is -12.6. The van der Waals surface area contributed by atoms with Gasteiger partial charge in [-0.15, -0.1) is 0 Å². The Morgan fingerprint density at radius 1 is 0.500 bits per heavy atom. The minimum absolute atomic E-state index is 0.943. The quantitative estimate of drug-likeness (QED) is 0.456. The molecule has 1 heterocycles. The molecular weight excluding hydrogens is 447 g/mol. The number of hydrogen-bond donors (Lipinski definition) is 0. The predicted octanol–water partition coefficient (Wildman–Crippen LogP) is 5.82. The minimum atomic E-state index is -2.22. The summed E-state index contributed by atoms with van der Waals surface area (Å²) >= 11 is 0. The molecule has 0 N–H and O–H groups in total. The summed E-state index contributed by atoms with van der Waals surface area (Å²) in [5, 5.41) is 0. The van der Waals surface area contributed by atoms with Gasteiger partial charge in [0.2, 0.25) is 0 Å². The van der Waals surface area contributed by atoms with Gasteiger partial charge < -0.3 is 8.28 Å². The average Bonchev–Trinajstić information content (AvgIpc) is 2.32. The summed E-state index contributed by atoms with van der Waals surface area (Å²) in [6.45, 7) is 38.6. The van der Waals surface area contributed by atoms with Crippen molar-refractivity contribution in [2.24, 2.45) is 0 Å². The molecule has 1 saturated heterocycles. The van der Waals surface area contributed by atoms with E-state index in [1.807, 2.05) is 0 Å². The SMILES string of the molecule is C[Si](C)(C)N1B(F)N([Si](C)(C)C)[Si](C)(C)N([Si](C)(C)C)N([Si](C)(C)C)[Si]1(C)C. The van der Waals surface area contributed by atoms with Crippen LogP contribution in [0.2, 0.25) is 105 Å². The highest BCUT2D eigenvalue weighted by Crippen LogP contribution is 2.42. The van der Waals surface area contributed by atoms with Crippen molar-refractivity contribution in [3.8, 4) is 0 Å². The Hall–Kier alpha value is 1.14. The van der Waals surface area contributed by atoms with Crippen LogP contribution in [0.3, 0.4) is 0 Å². The molecule has 0 spiro atoms. The van der Waals surface area contributed by atoms with Crippen LogP contribution >= 0.6 is 0 Å². The van der Waals surface area contributed by atoms with Crippen molar-refractivity contribution in [2.45, 2.75) is 105 Å². The largest absolute Gasteiger partial charge is 0.495 e. The Morgan fingerprint density at radius 3 is 0.857 bits per heavy atom. The molecule has 28 heavy (non-hydrogen) atoms. The van der Waals surface area contributed by atoms with E-state index < -0.39 is 57.0 Å². The van der Waals surface area contributed by atoms with Gasteiger partial charge in [0.15, 0.2) is 16.8 Å². The van der Waals surface area contributed by atoms with Crippen LogP contribution in [-0.4, -0.2) is 74.0 Å². The zero-order valence-corrected chi connectivity index (χ0v) is 27.7. The summed E-state index contributed by atoms with van der Waals surface area (Å²) in [5.74, 6) is 0. The number of nitrogens with zero attached hydrogens (tertiary/aromatic N) is 4. The fraction of sp³-hybridized carbons (Fsp3) is 1.00. The molecule has 1 fully saturated rings. The molecule has 0 saturated carbocycles. The van der Waals surface area contributed by atoms with Gasteiger partial charge in [0, 0.05) is 0 Å². The third kappa shape index (κ3) is 4.96. The van der Waals surface area contributed by atoms with Crippen LogP contribution in [0.1, 0.15) is 0 Å². The van der Waals surface area contributed by atoms with Gasteiger partial charge in [-0.25, -0.2) is 0 Å². The Bertz CT molecular complexity index is 530. The predicted molar refractivity (Wildman–Crippen MR) is 143 cm³/mol. The lowest BCUT2D eigenvalue weighted by atomic mass is 10.2. The fourth-order valence-corrected chi connectivity index (χ4v) is 46.3. The molecule has 0 aromatic carbocycles. The monoisotopic (exact) mass is 494 g/mol. The lowest BCUT2D eigenvalue weighted by Gasteiger charge is -2.62. The molecule has 4 nitrogen and oxygen atoms in total. The van der Waals surface area contributed by atoms with Crippen LogP contribution < -0.4 is 0 Å². The second-order valence-corrected chi connectivity index (χ2v) is 42.1. The van der Waals surface area contributed by atoms with Crippen molar-refractivity contribution in [3.05, 3.63) is 0 Å². The molecule has 0 aromatic heterocycles. The third-order valence-corrected chi connectivity index (χ3v) is 32.5. The second kappa shape index (κ2) is 7.62. The van der Waals surface area contributed by atoms with Crippen molar-refractivity contribution in [3.63, 3.8) is 0 Å². The molecule has 0 aromatic rings. The van der Waals surface area contributed by atoms with E-state index in [2.05, 4.69) is 122 Å². The maximum Gasteiger partial charge on any atom is 0.495 e. The Balaban J connectivity index is 4.08. The Morgan fingerprint density at radius 2 is 0.714 bits per heavy atom. The van der Waals surface area contributed by atoms with E-state index in [1.54, 1.807) is 0 Å². The number of rotatable bonds is 4. The first-order valence-electron chi connectivity index (χ1n) is 10.7. The van der Waals surface area contributed by atoms with E-state index in [1.165, 1.54) is 0 Å². The summed E-state index contributed by atoms with van der Waals surface area (Å²) in [6, 6.07) is 0. The molecule has 0 amide bonds. The van der Waals surface area contributed by atoms with Crippen LogP contribution in [-0.2, 0) is 0 Å². The maximum absolute atomic E-state index is 16.8. The average molecular weight is 495 g/mol. The highest BCUT2D eigenvalue weighted by Gasteiger charge is 2.65. The lowest BCUT2D eigenvalue weighted by molar-refractivity contribution is 0.335. The molecule has 0 unspecified atom stereocenters. The lowest BCUT2D eigenvalue weighted by Crippen LogP contribution is -2.82. The maximum atomic E-state index is 16.8. The van der Waals surface area contributed by atoms with Gasteiger partial charge in [0.25, 0.3) is 0 Å². The molecule has 166 valence electrons. The van der Waals surface area contributed by atoms with Gasteiger partial charge in [-0.3, -0.25) is 13.0 Å². The Labute approximate surface area is 182 Å². The standard InChI is InChI=1S/C16H48BFN4Si6/c1-23(2,3)19-17(18)20(24(4,5)6)28(15,16)22(26(10,11)12)21(25(7,8)9)27(19,13)14/h1-16H3. The first kappa shape index (κ1) is 27.2. The van der Waals surface area contributed by atoms with Gasteiger partial charge in [0.05, 0.1) is 0 Å². The number of halogens is 1. The van der Waals surface area contributed by atoms with E-state index in [9.17, 15) is 0 Å². The van der Waals surface area contributed by atoms with Crippen molar-refractivity contribution >= 4 is 57.0 Å². The minimum Gasteiger partial charge on any atom is -0.332 e. The van der Waals surface area contributed by atoms with Crippen LogP contribution in [0.5, 0.6) is 0 Å². The summed E-state index contributed by atoms with van der Waals surface area (Å²) in [6.07, 6.45) is 0. The van der Waals surface area contributed by atoms with Crippen molar-refractivity contribution < 1.29 is 4.32 Å². The van der Waals surface area contributed by atoms with Gasteiger partial charge in [-0.2, -0.15) is 0 Å². The first-order valence-corrected chi connectivity index (χ1v) is 30.3. The van der Waals surface area contributed by atoms with E-state index in [0.29, 0.717) is 0 Å². The molecule has 12 heteroatoms. The van der Waals surface area contributed by atoms with E-state index in [-0.39, 0.29) is 0 Å². The van der Waals surface area contributed by atoms with Crippen LogP contribution in [0.4, 0.5) is 4.32 Å². The highest BCUT2D eigenvalue weighted by molar-refractivity contribution is 7.10. The van der Waals surface area contributed by atoms with Crippen molar-refractivity contribution in [1.29, 1.82) is 0 Å². The third-order valence-electron chi connectivity index (χ3n) is 5.56. The topological polar surface area (TPSA) is 13.0 Å². The van der Waals surface area contributed by atoms with Gasteiger partial charge in [0.1, 0.15) is 32.9 Å². The molecule has 0 bridgehead atoms. The highest BCUT2D eigenvalue weighted by atomic mass is 28.5. The second-order valence-electron chi connectivity index (χ2n) is 13.3. The van der Waals surface area contributed by atoms with Gasteiger partial charge in [-0.1, -0.05) is 78.6 Å². The zero-order valence-electron chi connectivity index (χ0n) is 21.7. The van der Waals surface area contributed by atoms with Crippen molar-refractivity contribution in [1.82, 2.24) is 17.0 Å². The number of hydrogen-bond acceptors (Lipinski definition) is 4. The first-order chi connectivity index (χ1) is 11.9. The molecule has 1 aliphatic rings. The smallest absolute Gasteiger partial charge is 0.332 e. The molecule has 0 radical (unpaired) electrons. The summed E-state index contributed by atoms with van der Waals surface area (Å²) in [4.78, 5) is 0. The fourth-order valence-electron chi connectivity index (χ4n) is 5.85.